The zero-order chi connectivity index (χ0) is 13.1. The molecule has 8 heteroatoms. The first-order valence-electron chi connectivity index (χ1n) is 4.59. The zero-order valence-corrected chi connectivity index (χ0v) is 9.54. The lowest BCUT2D eigenvalue weighted by Gasteiger charge is -2.15. The second-order valence-electron chi connectivity index (χ2n) is 3.39. The van der Waals surface area contributed by atoms with E-state index in [0.29, 0.717) is 5.56 Å². The molecule has 0 radical (unpaired) electrons. The molecule has 0 aliphatic rings. The summed E-state index contributed by atoms with van der Waals surface area (Å²) in [6, 6.07) is 4.08. The fraction of sp³-hybridized carbons (Fsp3) is 0.222. The van der Waals surface area contributed by atoms with E-state index in [-0.39, 0.29) is 5.75 Å². The molecule has 5 N–H and O–H groups in total. The van der Waals surface area contributed by atoms with Crippen molar-refractivity contribution in [1.29, 1.82) is 0 Å². The number of nitrogens with one attached hydrogen (secondary N) is 1. The summed E-state index contributed by atoms with van der Waals surface area (Å²) in [6.45, 7) is 0. The summed E-state index contributed by atoms with van der Waals surface area (Å²) < 4.78 is 10.6. The topological polar surface area (TPSA) is 127 Å². The number of aromatic hydroxyl groups is 1. The minimum absolute atomic E-state index is 0.0205. The lowest BCUT2D eigenvalue weighted by molar-refractivity contribution is -0.139. The summed E-state index contributed by atoms with van der Waals surface area (Å²) in [6.07, 6.45) is -0.731. The molecule has 0 aliphatic heterocycles. The van der Waals surface area contributed by atoms with Gasteiger partial charge in [-0.2, -0.15) is 0 Å². The van der Waals surface area contributed by atoms with Gasteiger partial charge in [0.15, 0.2) is 0 Å². The van der Waals surface area contributed by atoms with Gasteiger partial charge < -0.3 is 20.0 Å². The van der Waals surface area contributed by atoms with Gasteiger partial charge in [-0.05, 0) is 17.7 Å². The summed E-state index contributed by atoms with van der Waals surface area (Å²) in [5.41, 5.74) is 0.295. The van der Waals surface area contributed by atoms with Crippen LogP contribution in [0.15, 0.2) is 24.3 Å². The van der Waals surface area contributed by atoms with E-state index in [1.807, 2.05) is 0 Å². The Hall–Kier alpha value is -1.40. The Balaban J connectivity index is 2.83. The number of phenols is 1. The summed E-state index contributed by atoms with van der Waals surface area (Å²) in [5.74, 6) is -1.28. The Morgan fingerprint density at radius 3 is 2.24 bits per heavy atom. The molecule has 1 aromatic rings. The molecule has 1 atom stereocenters. The van der Waals surface area contributed by atoms with E-state index in [1.54, 1.807) is 0 Å². The SMILES string of the molecule is O=C(O)[C@H](NCP(=O)(O)O)c1ccc(O)cc1. The van der Waals surface area contributed by atoms with E-state index in [0.717, 1.165) is 0 Å². The van der Waals surface area contributed by atoms with Gasteiger partial charge in [0.25, 0.3) is 0 Å². The first kappa shape index (κ1) is 13.7. The highest BCUT2D eigenvalue weighted by molar-refractivity contribution is 7.51. The van der Waals surface area contributed by atoms with Crippen LogP contribution in [0.1, 0.15) is 11.6 Å². The summed E-state index contributed by atoms with van der Waals surface area (Å²) in [4.78, 5) is 28.2. The zero-order valence-electron chi connectivity index (χ0n) is 8.65. The number of hydrogen-bond acceptors (Lipinski definition) is 4. The largest absolute Gasteiger partial charge is 0.508 e. The third-order valence-electron chi connectivity index (χ3n) is 1.97. The number of carbonyl (C=O) groups is 1. The Morgan fingerprint density at radius 2 is 1.82 bits per heavy atom. The van der Waals surface area contributed by atoms with Crippen LogP contribution in [0, 0.1) is 0 Å². The lowest BCUT2D eigenvalue weighted by atomic mass is 10.1. The van der Waals surface area contributed by atoms with Gasteiger partial charge in [0.05, 0.1) is 6.29 Å². The standard InChI is InChI=1S/C9H12NO6P/c11-7-3-1-6(2-4-7)8(9(12)13)10-5-17(14,15)16/h1-4,8,10-11H,5H2,(H,12,13)(H2,14,15,16)/t8-/m1/s1. The van der Waals surface area contributed by atoms with Crippen LogP contribution in [0.2, 0.25) is 0 Å². The van der Waals surface area contributed by atoms with Gasteiger partial charge in [-0.25, -0.2) is 0 Å². The third kappa shape index (κ3) is 4.54. The van der Waals surface area contributed by atoms with Crippen molar-refractivity contribution in [3.05, 3.63) is 29.8 Å². The highest BCUT2D eigenvalue weighted by Gasteiger charge is 2.23. The van der Waals surface area contributed by atoms with Crippen LogP contribution in [0.3, 0.4) is 0 Å². The van der Waals surface area contributed by atoms with Crippen molar-refractivity contribution in [3.8, 4) is 5.75 Å². The van der Waals surface area contributed by atoms with Gasteiger partial charge in [0.2, 0.25) is 0 Å². The van der Waals surface area contributed by atoms with E-state index in [4.69, 9.17) is 20.0 Å². The van der Waals surface area contributed by atoms with Crippen molar-refractivity contribution in [2.75, 3.05) is 6.29 Å². The number of carboxylic acid groups (broad SMARTS) is 1. The van der Waals surface area contributed by atoms with Gasteiger partial charge >= 0.3 is 13.6 Å². The number of rotatable bonds is 5. The van der Waals surface area contributed by atoms with E-state index in [1.165, 1.54) is 24.3 Å². The fourth-order valence-electron chi connectivity index (χ4n) is 1.22. The molecule has 0 unspecified atom stereocenters. The molecular formula is C9H12NO6P. The second kappa shape index (κ2) is 5.29. The molecule has 7 nitrogen and oxygen atoms in total. The predicted molar refractivity (Wildman–Crippen MR) is 58.5 cm³/mol. The predicted octanol–water partition coefficient (Wildman–Crippen LogP) is 0.243. The molecule has 94 valence electrons. The van der Waals surface area contributed by atoms with E-state index in [2.05, 4.69) is 5.32 Å². The Labute approximate surface area is 96.9 Å². The maximum atomic E-state index is 10.9. The van der Waals surface area contributed by atoms with Gasteiger partial charge in [-0.15, -0.1) is 0 Å². The van der Waals surface area contributed by atoms with Crippen molar-refractivity contribution in [2.45, 2.75) is 6.04 Å². The van der Waals surface area contributed by atoms with Gasteiger partial charge in [0.1, 0.15) is 11.8 Å². The molecule has 0 saturated heterocycles. The third-order valence-corrected chi connectivity index (χ3v) is 2.57. The van der Waals surface area contributed by atoms with Crippen LogP contribution < -0.4 is 5.32 Å². The molecule has 1 rings (SSSR count). The normalized spacial score (nSPS) is 13.3. The maximum Gasteiger partial charge on any atom is 0.339 e. The molecular weight excluding hydrogens is 249 g/mol. The quantitative estimate of drug-likeness (QED) is 0.480. The Bertz CT molecular complexity index is 439. The summed E-state index contributed by atoms with van der Waals surface area (Å²) in [7, 11) is -4.31. The maximum absolute atomic E-state index is 10.9. The molecule has 17 heavy (non-hydrogen) atoms. The van der Waals surface area contributed by atoms with E-state index < -0.39 is 25.9 Å². The van der Waals surface area contributed by atoms with Crippen molar-refractivity contribution in [1.82, 2.24) is 5.32 Å². The van der Waals surface area contributed by atoms with Crippen LogP contribution in [-0.2, 0) is 9.36 Å². The minimum Gasteiger partial charge on any atom is -0.508 e. The van der Waals surface area contributed by atoms with Crippen LogP contribution in [-0.4, -0.2) is 32.3 Å². The molecule has 0 aliphatic carbocycles. The Kier molecular flexibility index (Phi) is 4.25. The smallest absolute Gasteiger partial charge is 0.339 e. The number of phenolic OH excluding ortho intramolecular Hbond substituents is 1. The monoisotopic (exact) mass is 261 g/mol. The molecule has 0 fully saturated rings. The molecule has 0 heterocycles. The average molecular weight is 261 g/mol. The number of carboxylic acids is 1. The van der Waals surface area contributed by atoms with Crippen molar-refractivity contribution >= 4 is 13.6 Å². The summed E-state index contributed by atoms with van der Waals surface area (Å²) >= 11 is 0. The molecule has 0 saturated carbocycles. The van der Waals surface area contributed by atoms with Crippen LogP contribution in [0.25, 0.3) is 0 Å². The van der Waals surface area contributed by atoms with Crippen molar-refractivity contribution in [2.24, 2.45) is 0 Å². The average Bonchev–Trinajstić information content (AvgIpc) is 2.18. The molecule has 1 aromatic carbocycles. The first-order valence-corrected chi connectivity index (χ1v) is 6.39. The fourth-order valence-corrected chi connectivity index (χ4v) is 1.65. The summed E-state index contributed by atoms with van der Waals surface area (Å²) in [5, 5.41) is 20.2. The number of hydrogen-bond donors (Lipinski definition) is 5. The molecule has 0 aromatic heterocycles. The van der Waals surface area contributed by atoms with Crippen molar-refractivity contribution < 1.29 is 29.4 Å². The van der Waals surface area contributed by atoms with E-state index in [9.17, 15) is 9.36 Å². The minimum atomic E-state index is -4.31. The lowest BCUT2D eigenvalue weighted by Crippen LogP contribution is -2.29. The van der Waals surface area contributed by atoms with Gasteiger partial charge in [0, 0.05) is 0 Å². The Morgan fingerprint density at radius 1 is 1.29 bits per heavy atom. The highest BCUT2D eigenvalue weighted by Crippen LogP contribution is 2.33. The second-order valence-corrected chi connectivity index (χ2v) is 5.04. The number of aliphatic carboxylic acids is 1. The number of benzene rings is 1. The van der Waals surface area contributed by atoms with Crippen LogP contribution in [0.5, 0.6) is 5.75 Å². The molecule has 0 amide bonds. The van der Waals surface area contributed by atoms with Crippen molar-refractivity contribution in [3.63, 3.8) is 0 Å². The van der Waals surface area contributed by atoms with Gasteiger partial charge in [-0.1, -0.05) is 12.1 Å². The van der Waals surface area contributed by atoms with E-state index >= 15 is 0 Å². The van der Waals surface area contributed by atoms with Crippen LogP contribution in [0.4, 0.5) is 0 Å². The van der Waals surface area contributed by atoms with Crippen LogP contribution >= 0.6 is 7.60 Å². The molecule has 0 bridgehead atoms. The highest BCUT2D eigenvalue weighted by atomic mass is 31.2. The molecule has 0 spiro atoms. The first-order chi connectivity index (χ1) is 7.79. The van der Waals surface area contributed by atoms with Gasteiger partial charge in [-0.3, -0.25) is 14.7 Å².